The number of carboxylic acid groups (broad SMARTS) is 1. The zero-order chi connectivity index (χ0) is 17.3. The van der Waals surface area contributed by atoms with Gasteiger partial charge in [0.05, 0.1) is 22.3 Å². The van der Waals surface area contributed by atoms with Crippen LogP contribution in [0.1, 0.15) is 29.0 Å². The molecule has 8 heteroatoms. The predicted octanol–water partition coefficient (Wildman–Crippen LogP) is 2.17. The van der Waals surface area contributed by atoms with Gasteiger partial charge < -0.3 is 10.0 Å². The van der Waals surface area contributed by atoms with E-state index < -0.39 is 11.9 Å². The van der Waals surface area contributed by atoms with Gasteiger partial charge in [0.2, 0.25) is 0 Å². The van der Waals surface area contributed by atoms with Crippen molar-refractivity contribution in [1.29, 1.82) is 0 Å². The van der Waals surface area contributed by atoms with Gasteiger partial charge in [-0.1, -0.05) is 28.9 Å². The van der Waals surface area contributed by atoms with Crippen molar-refractivity contribution >= 4 is 23.5 Å². The highest BCUT2D eigenvalue weighted by Crippen LogP contribution is 2.23. The van der Waals surface area contributed by atoms with Crippen molar-refractivity contribution < 1.29 is 14.7 Å². The second-order valence-corrected chi connectivity index (χ2v) is 6.22. The first kappa shape index (κ1) is 16.4. The van der Waals surface area contributed by atoms with Crippen LogP contribution in [0.25, 0.3) is 5.69 Å². The Bertz CT molecular complexity index is 789. The summed E-state index contributed by atoms with van der Waals surface area (Å²) >= 11 is 6.17. The number of hydrogen-bond acceptors (Lipinski definition) is 4. The van der Waals surface area contributed by atoms with Crippen LogP contribution in [0.5, 0.6) is 0 Å². The van der Waals surface area contributed by atoms with Crippen molar-refractivity contribution in [3.63, 3.8) is 0 Å². The van der Waals surface area contributed by atoms with Crippen molar-refractivity contribution in [1.82, 2.24) is 19.9 Å². The Kier molecular flexibility index (Phi) is 4.53. The Morgan fingerprint density at radius 2 is 2.08 bits per heavy atom. The number of para-hydroxylation sites is 1. The normalized spacial score (nSPS) is 17.8. The quantitative estimate of drug-likeness (QED) is 0.918. The van der Waals surface area contributed by atoms with Crippen molar-refractivity contribution in [3.05, 3.63) is 40.7 Å². The summed E-state index contributed by atoms with van der Waals surface area (Å²) in [6.07, 6.45) is 1.25. The van der Waals surface area contributed by atoms with Gasteiger partial charge in [-0.3, -0.25) is 9.59 Å². The molecule has 1 atom stereocenters. The minimum Gasteiger partial charge on any atom is -0.481 e. The molecule has 2 heterocycles. The SMILES string of the molecule is Cc1c(C(=O)N2CCCC(C(=O)O)C2)nnn1-c1ccccc1Cl. The van der Waals surface area contributed by atoms with Gasteiger partial charge >= 0.3 is 5.97 Å². The maximum absolute atomic E-state index is 12.7. The molecule has 1 aromatic heterocycles. The van der Waals surface area contributed by atoms with E-state index in [-0.39, 0.29) is 18.1 Å². The van der Waals surface area contributed by atoms with Gasteiger partial charge in [0.25, 0.3) is 5.91 Å². The molecule has 2 aromatic rings. The number of likely N-dealkylation sites (tertiary alicyclic amines) is 1. The van der Waals surface area contributed by atoms with Crippen LogP contribution in [-0.2, 0) is 4.79 Å². The number of carbonyl (C=O) groups is 2. The van der Waals surface area contributed by atoms with E-state index in [4.69, 9.17) is 16.7 Å². The van der Waals surface area contributed by atoms with E-state index in [0.29, 0.717) is 35.8 Å². The van der Waals surface area contributed by atoms with Crippen LogP contribution in [0, 0.1) is 12.8 Å². The Balaban J connectivity index is 1.87. The lowest BCUT2D eigenvalue weighted by Crippen LogP contribution is -2.42. The molecular formula is C16H17ClN4O3. The molecule has 1 aliphatic heterocycles. The van der Waals surface area contributed by atoms with E-state index in [2.05, 4.69) is 10.3 Å². The van der Waals surface area contributed by atoms with Gasteiger partial charge in [0, 0.05) is 13.1 Å². The van der Waals surface area contributed by atoms with E-state index in [9.17, 15) is 9.59 Å². The lowest BCUT2D eigenvalue weighted by molar-refractivity contribution is -0.143. The van der Waals surface area contributed by atoms with Crippen LogP contribution in [-0.4, -0.2) is 50.0 Å². The van der Waals surface area contributed by atoms with Crippen LogP contribution >= 0.6 is 11.6 Å². The summed E-state index contributed by atoms with van der Waals surface area (Å²) in [5, 5.41) is 17.7. The molecule has 0 radical (unpaired) electrons. The van der Waals surface area contributed by atoms with E-state index in [0.717, 1.165) is 0 Å². The number of hydrogen-bond donors (Lipinski definition) is 1. The zero-order valence-electron chi connectivity index (χ0n) is 13.1. The molecule has 1 N–H and O–H groups in total. The number of aromatic nitrogens is 3. The third-order valence-electron chi connectivity index (χ3n) is 4.24. The summed E-state index contributed by atoms with van der Waals surface area (Å²) in [6.45, 7) is 2.47. The van der Waals surface area contributed by atoms with Crippen molar-refractivity contribution in [3.8, 4) is 5.69 Å². The monoisotopic (exact) mass is 348 g/mol. The summed E-state index contributed by atoms with van der Waals surface area (Å²) in [6, 6.07) is 7.16. The average molecular weight is 349 g/mol. The molecule has 1 unspecified atom stereocenters. The molecule has 126 valence electrons. The number of halogens is 1. The first-order chi connectivity index (χ1) is 11.5. The molecule has 1 aliphatic rings. The highest BCUT2D eigenvalue weighted by atomic mass is 35.5. The minimum atomic E-state index is -0.871. The molecule has 0 bridgehead atoms. The van der Waals surface area contributed by atoms with Crippen molar-refractivity contribution in [2.45, 2.75) is 19.8 Å². The van der Waals surface area contributed by atoms with Gasteiger partial charge in [0.15, 0.2) is 5.69 Å². The van der Waals surface area contributed by atoms with Gasteiger partial charge in [-0.25, -0.2) is 4.68 Å². The molecular weight excluding hydrogens is 332 g/mol. The second-order valence-electron chi connectivity index (χ2n) is 5.82. The van der Waals surface area contributed by atoms with Gasteiger partial charge in [0.1, 0.15) is 0 Å². The van der Waals surface area contributed by atoms with E-state index in [1.54, 1.807) is 19.1 Å². The molecule has 1 fully saturated rings. The van der Waals surface area contributed by atoms with Gasteiger partial charge in [-0.2, -0.15) is 0 Å². The first-order valence-corrected chi connectivity index (χ1v) is 8.06. The smallest absolute Gasteiger partial charge is 0.308 e. The number of nitrogens with zero attached hydrogens (tertiary/aromatic N) is 4. The molecule has 1 amide bonds. The van der Waals surface area contributed by atoms with Gasteiger partial charge in [-0.15, -0.1) is 5.10 Å². The van der Waals surface area contributed by atoms with Gasteiger partial charge in [-0.05, 0) is 31.9 Å². The Morgan fingerprint density at radius 1 is 1.33 bits per heavy atom. The Hall–Kier alpha value is -2.41. The maximum atomic E-state index is 12.7. The molecule has 0 spiro atoms. The number of amides is 1. The zero-order valence-corrected chi connectivity index (χ0v) is 13.9. The lowest BCUT2D eigenvalue weighted by atomic mass is 9.98. The molecule has 3 rings (SSSR count). The number of benzene rings is 1. The summed E-state index contributed by atoms with van der Waals surface area (Å²) in [4.78, 5) is 25.4. The first-order valence-electron chi connectivity index (χ1n) is 7.68. The molecule has 0 aliphatic carbocycles. The predicted molar refractivity (Wildman–Crippen MR) is 87.4 cm³/mol. The Labute approximate surface area is 143 Å². The average Bonchev–Trinajstić information content (AvgIpc) is 2.96. The Morgan fingerprint density at radius 3 is 2.79 bits per heavy atom. The summed E-state index contributed by atoms with van der Waals surface area (Å²) in [5.41, 5.74) is 1.44. The number of carbonyl (C=O) groups excluding carboxylic acids is 1. The molecule has 1 saturated heterocycles. The molecule has 0 saturated carbocycles. The fourth-order valence-electron chi connectivity index (χ4n) is 2.89. The van der Waals surface area contributed by atoms with Crippen molar-refractivity contribution in [2.24, 2.45) is 5.92 Å². The molecule has 24 heavy (non-hydrogen) atoms. The van der Waals surface area contributed by atoms with Crippen LogP contribution in [0.4, 0.5) is 0 Å². The van der Waals surface area contributed by atoms with Crippen LogP contribution in [0.15, 0.2) is 24.3 Å². The highest BCUT2D eigenvalue weighted by Gasteiger charge is 2.31. The second kappa shape index (κ2) is 6.60. The fourth-order valence-corrected chi connectivity index (χ4v) is 3.11. The molecule has 7 nitrogen and oxygen atoms in total. The topological polar surface area (TPSA) is 88.3 Å². The van der Waals surface area contributed by atoms with E-state index in [1.807, 2.05) is 12.1 Å². The van der Waals surface area contributed by atoms with Crippen molar-refractivity contribution in [2.75, 3.05) is 13.1 Å². The number of aliphatic carboxylic acids is 1. The maximum Gasteiger partial charge on any atom is 0.308 e. The van der Waals surface area contributed by atoms with Crippen LogP contribution in [0.2, 0.25) is 5.02 Å². The van der Waals surface area contributed by atoms with E-state index >= 15 is 0 Å². The van der Waals surface area contributed by atoms with E-state index in [1.165, 1.54) is 9.58 Å². The lowest BCUT2D eigenvalue weighted by Gasteiger charge is -2.30. The summed E-state index contributed by atoms with van der Waals surface area (Å²) in [5.74, 6) is -1.69. The third kappa shape index (κ3) is 2.99. The number of carboxylic acids is 1. The fraction of sp³-hybridized carbons (Fsp3) is 0.375. The standard InChI is InChI=1S/C16H17ClN4O3/c1-10-14(15(22)20-8-4-5-11(9-20)16(23)24)18-19-21(10)13-7-3-2-6-12(13)17/h2-3,6-7,11H,4-5,8-9H2,1H3,(H,23,24). The third-order valence-corrected chi connectivity index (χ3v) is 4.56. The largest absolute Gasteiger partial charge is 0.481 e. The molecule has 1 aromatic carbocycles. The number of piperidine rings is 1. The number of rotatable bonds is 3. The highest BCUT2D eigenvalue weighted by molar-refractivity contribution is 6.32. The summed E-state index contributed by atoms with van der Waals surface area (Å²) in [7, 11) is 0. The van der Waals surface area contributed by atoms with Crippen LogP contribution in [0.3, 0.4) is 0 Å². The summed E-state index contributed by atoms with van der Waals surface area (Å²) < 4.78 is 1.52. The minimum absolute atomic E-state index is 0.201. The van der Waals surface area contributed by atoms with Crippen LogP contribution < -0.4 is 0 Å².